The van der Waals surface area contributed by atoms with Gasteiger partial charge in [0, 0.05) is 45.8 Å². The maximum absolute atomic E-state index is 3.88. The van der Waals surface area contributed by atoms with Gasteiger partial charge in [0.1, 0.15) is 0 Å². The molecule has 1 saturated carbocycles. The zero-order valence-electron chi connectivity index (χ0n) is 13.7. The Morgan fingerprint density at radius 3 is 2.10 bits per heavy atom. The third-order valence-corrected chi connectivity index (χ3v) is 5.04. The van der Waals surface area contributed by atoms with E-state index in [1.165, 1.54) is 71.1 Å². The van der Waals surface area contributed by atoms with Crippen molar-refractivity contribution < 1.29 is 32.7 Å². The van der Waals surface area contributed by atoms with Gasteiger partial charge in [-0.2, -0.15) is 6.42 Å². The van der Waals surface area contributed by atoms with Crippen molar-refractivity contribution in [3.05, 3.63) is 12.8 Å². The molecule has 0 aromatic heterocycles. The van der Waals surface area contributed by atoms with Crippen LogP contribution < -0.4 is 0 Å². The molecule has 2 saturated heterocycles. The third kappa shape index (κ3) is 5.67. The molecule has 1 radical (unpaired) electrons. The zero-order valence-corrected chi connectivity index (χ0v) is 16.5. The van der Waals surface area contributed by atoms with Gasteiger partial charge in [-0.15, -0.1) is 6.54 Å². The average Bonchev–Trinajstić information content (AvgIpc) is 2.39. The normalized spacial score (nSPS) is 27.1. The predicted molar refractivity (Wildman–Crippen MR) is 83.0 cm³/mol. The maximum Gasteiger partial charge on any atom is 0.00474 e. The van der Waals surface area contributed by atoms with Gasteiger partial charge in [0.15, 0.2) is 0 Å². The van der Waals surface area contributed by atoms with Crippen molar-refractivity contribution in [1.82, 2.24) is 9.80 Å². The van der Waals surface area contributed by atoms with Crippen molar-refractivity contribution in [2.75, 3.05) is 40.3 Å². The summed E-state index contributed by atoms with van der Waals surface area (Å²) in [4.78, 5) is 4.81. The van der Waals surface area contributed by atoms with Crippen molar-refractivity contribution in [2.45, 2.75) is 51.4 Å². The molecule has 0 atom stereocenters. The summed E-state index contributed by atoms with van der Waals surface area (Å²) in [5.74, 6) is 1.61. The minimum Gasteiger partial charge on any atom is -0.372 e. The van der Waals surface area contributed by atoms with Crippen LogP contribution in [0.1, 0.15) is 51.4 Å². The molecule has 115 valence electrons. The minimum absolute atomic E-state index is 0. The van der Waals surface area contributed by atoms with Crippen LogP contribution in [0.4, 0.5) is 0 Å². The Bertz CT molecular complexity index is 248. The van der Waals surface area contributed by atoms with Gasteiger partial charge < -0.3 is 29.1 Å². The number of nitrogens with zero attached hydrogens (tertiary/aromatic N) is 2. The van der Waals surface area contributed by atoms with Gasteiger partial charge in [0.25, 0.3) is 0 Å². The summed E-state index contributed by atoms with van der Waals surface area (Å²) in [5, 5.41) is 0. The second-order valence-corrected chi connectivity index (χ2v) is 7.07. The Morgan fingerprint density at radius 1 is 1.00 bits per heavy atom. The van der Waals surface area contributed by atoms with E-state index in [2.05, 4.69) is 30.8 Å². The molecule has 0 aromatic carbocycles. The molecule has 2 nitrogen and oxygen atoms in total. The molecule has 1 aliphatic carbocycles. The van der Waals surface area contributed by atoms with E-state index in [0.29, 0.717) is 0 Å². The summed E-state index contributed by atoms with van der Waals surface area (Å²) in [6.07, 6.45) is 11.2. The van der Waals surface area contributed by atoms with E-state index in [1.807, 2.05) is 0 Å². The second kappa shape index (κ2) is 9.23. The summed E-state index contributed by atoms with van der Waals surface area (Å²) < 4.78 is 0. The van der Waals surface area contributed by atoms with E-state index in [9.17, 15) is 0 Å². The van der Waals surface area contributed by atoms with Crippen LogP contribution in [0.15, 0.2) is 0 Å². The van der Waals surface area contributed by atoms with Gasteiger partial charge in [0.05, 0.1) is 0 Å². The first-order chi connectivity index (χ1) is 9.13. The number of hydrogen-bond acceptors (Lipinski definition) is 2. The van der Waals surface area contributed by atoms with E-state index in [-0.39, 0.29) is 32.7 Å². The first-order valence-corrected chi connectivity index (χ1v) is 8.13. The first-order valence-electron chi connectivity index (χ1n) is 8.13. The summed E-state index contributed by atoms with van der Waals surface area (Å²) in [6.45, 7) is 9.10. The molecule has 3 aliphatic rings. The monoisotopic (exact) mass is 353 g/mol. The first kappa shape index (κ1) is 19.1. The number of likely N-dealkylation sites (tertiary alicyclic amines) is 2. The Kier molecular flexibility index (Phi) is 8.80. The van der Waals surface area contributed by atoms with Crippen molar-refractivity contribution in [3.8, 4) is 0 Å². The second-order valence-electron chi connectivity index (χ2n) is 7.07. The smallest absolute Gasteiger partial charge is 0.00474 e. The van der Waals surface area contributed by atoms with Gasteiger partial charge in [-0.25, -0.2) is 0 Å². The van der Waals surface area contributed by atoms with Crippen molar-refractivity contribution >= 4 is 0 Å². The molecule has 20 heavy (non-hydrogen) atoms. The molecule has 0 unspecified atom stereocenters. The maximum atomic E-state index is 3.88. The molecule has 0 aromatic rings. The largest absolute Gasteiger partial charge is 0.372 e. The molecule has 2 aliphatic heterocycles. The van der Waals surface area contributed by atoms with Gasteiger partial charge in [-0.05, 0) is 38.9 Å². The Hall–Kier alpha value is 1.02. The van der Waals surface area contributed by atoms with Crippen LogP contribution >= 0.6 is 0 Å². The zero-order chi connectivity index (χ0) is 13.7. The van der Waals surface area contributed by atoms with Crippen LogP contribution in [0.5, 0.6) is 0 Å². The molecule has 2 heterocycles. The summed E-state index contributed by atoms with van der Waals surface area (Å²) in [7, 11) is 4.41. The van der Waals surface area contributed by atoms with Gasteiger partial charge >= 0.3 is 0 Å². The minimum atomic E-state index is 0. The Labute approximate surface area is 151 Å². The van der Waals surface area contributed by atoms with E-state index in [0.717, 1.165) is 11.8 Å². The van der Waals surface area contributed by atoms with Gasteiger partial charge in [-0.3, -0.25) is 0 Å². The van der Waals surface area contributed by atoms with Crippen LogP contribution in [0.25, 0.3) is 0 Å². The predicted octanol–water partition coefficient (Wildman–Crippen LogP) is 3.39. The van der Waals surface area contributed by atoms with Crippen molar-refractivity contribution in [2.24, 2.45) is 5.41 Å². The van der Waals surface area contributed by atoms with Gasteiger partial charge in [-0.1, -0.05) is 25.7 Å². The van der Waals surface area contributed by atoms with Crippen LogP contribution in [-0.4, -0.2) is 50.1 Å². The standard InChI is InChI=1S/C9H17N.C8H15N.Y/c1-10-7-9(8-10)5-3-2-4-6-9;1-3-8-5-4-6-9(2)7-8;/h2-8H2,1H3;1,3-7H2,2H3;/q;-2;. The fraction of sp³-hybridized carbons (Fsp3) is 0.882. The van der Waals surface area contributed by atoms with E-state index in [1.54, 1.807) is 5.92 Å². The molecule has 1 spiro atoms. The van der Waals surface area contributed by atoms with Crippen LogP contribution in [0, 0.1) is 18.3 Å². The Balaban J connectivity index is 0.000000192. The SMILES string of the molecule is CN1CC2(CCCCC2)C1.[CH2-]C[C-]1CCCN(C)C1.[Y]. The molecular formula is C17H32N2Y-2. The molecule has 0 bridgehead atoms. The van der Waals surface area contributed by atoms with Crippen LogP contribution in [0.3, 0.4) is 0 Å². The number of piperidine rings is 1. The Morgan fingerprint density at radius 2 is 1.65 bits per heavy atom. The van der Waals surface area contributed by atoms with Crippen molar-refractivity contribution in [3.63, 3.8) is 0 Å². The summed E-state index contributed by atoms with van der Waals surface area (Å²) in [5.41, 5.74) is 0.799. The number of hydrogen-bond donors (Lipinski definition) is 0. The fourth-order valence-corrected chi connectivity index (χ4v) is 4.06. The topological polar surface area (TPSA) is 6.48 Å². The van der Waals surface area contributed by atoms with Crippen molar-refractivity contribution in [1.29, 1.82) is 0 Å². The van der Waals surface area contributed by atoms with Gasteiger partial charge in [0.2, 0.25) is 0 Å². The number of rotatable bonds is 1. The van der Waals surface area contributed by atoms with E-state index >= 15 is 0 Å². The summed E-state index contributed by atoms with van der Waals surface area (Å²) >= 11 is 0. The quantitative estimate of drug-likeness (QED) is 0.667. The van der Waals surface area contributed by atoms with Crippen LogP contribution in [0.2, 0.25) is 0 Å². The molecule has 0 N–H and O–H groups in total. The molecule has 3 heteroatoms. The van der Waals surface area contributed by atoms with E-state index in [4.69, 9.17) is 0 Å². The molecule has 3 rings (SSSR count). The molecular weight excluding hydrogens is 321 g/mol. The molecule has 3 fully saturated rings. The third-order valence-electron chi connectivity index (χ3n) is 5.04. The summed E-state index contributed by atoms with van der Waals surface area (Å²) in [6, 6.07) is 0. The fourth-order valence-electron chi connectivity index (χ4n) is 4.06. The van der Waals surface area contributed by atoms with Crippen LogP contribution in [-0.2, 0) is 32.7 Å². The average molecular weight is 353 g/mol. The molecule has 0 amide bonds. The van der Waals surface area contributed by atoms with E-state index < -0.39 is 0 Å².